The van der Waals surface area contributed by atoms with Crippen molar-refractivity contribution < 1.29 is 23.8 Å². The van der Waals surface area contributed by atoms with Gasteiger partial charge in [0.2, 0.25) is 0 Å². The number of hydrogen-bond donors (Lipinski definition) is 1. The number of alkyl carbamates (subject to hydrolysis) is 1. The lowest BCUT2D eigenvalue weighted by molar-refractivity contribution is -0.0735. The topological polar surface area (TPSA) is 73.9 Å². The highest BCUT2D eigenvalue weighted by Crippen LogP contribution is 2.29. The normalized spacial score (nSPS) is 28.4. The van der Waals surface area contributed by atoms with E-state index in [1.165, 1.54) is 26.4 Å². The third kappa shape index (κ3) is 3.27. The van der Waals surface area contributed by atoms with E-state index in [1.807, 2.05) is 0 Å². The van der Waals surface area contributed by atoms with E-state index in [1.54, 1.807) is 0 Å². The smallest absolute Gasteiger partial charge is 0.438 e. The highest BCUT2D eigenvalue weighted by Gasteiger charge is 2.38. The zero-order chi connectivity index (χ0) is 13.0. The second kappa shape index (κ2) is 5.93. The van der Waals surface area contributed by atoms with Crippen LogP contribution in [0.3, 0.4) is 0 Å². The number of carbonyl (C=O) groups is 2. The molecule has 6 heteroatoms. The number of cyclic esters (lactones) is 1. The summed E-state index contributed by atoms with van der Waals surface area (Å²) in [5, 5.41) is 2.69. The van der Waals surface area contributed by atoms with Gasteiger partial charge in [-0.2, -0.15) is 0 Å². The molecule has 1 aliphatic heterocycles. The molecule has 0 aromatic rings. The first-order chi connectivity index (χ1) is 8.69. The predicted octanol–water partition coefficient (Wildman–Crippen LogP) is 2.17. The van der Waals surface area contributed by atoms with E-state index in [0.29, 0.717) is 5.92 Å². The number of amides is 1. The molecule has 2 rings (SSSR count). The Morgan fingerprint density at radius 1 is 1.39 bits per heavy atom. The minimum Gasteiger partial charge on any atom is -0.438 e. The molecule has 0 bridgehead atoms. The Hall–Kier alpha value is -1.46. The van der Waals surface area contributed by atoms with E-state index in [2.05, 4.69) is 10.1 Å². The highest BCUT2D eigenvalue weighted by atomic mass is 16.8. The third-order valence-corrected chi connectivity index (χ3v) is 3.55. The van der Waals surface area contributed by atoms with Crippen LogP contribution in [0.25, 0.3) is 0 Å². The third-order valence-electron chi connectivity index (χ3n) is 3.55. The molecular weight excluding hydrogens is 238 g/mol. The Morgan fingerprint density at radius 2 is 2.11 bits per heavy atom. The van der Waals surface area contributed by atoms with Crippen molar-refractivity contribution in [2.45, 2.75) is 50.9 Å². The van der Waals surface area contributed by atoms with E-state index in [-0.39, 0.29) is 6.04 Å². The Morgan fingerprint density at radius 3 is 2.78 bits per heavy atom. The summed E-state index contributed by atoms with van der Waals surface area (Å²) < 4.78 is 14.2. The fourth-order valence-corrected chi connectivity index (χ4v) is 2.64. The summed E-state index contributed by atoms with van der Waals surface area (Å²) in [6, 6.07) is -0.264. The molecular formula is C12H19NO5. The van der Waals surface area contributed by atoms with E-state index in [4.69, 9.17) is 9.47 Å². The summed E-state index contributed by atoms with van der Waals surface area (Å²) in [4.78, 5) is 22.3. The Balaban J connectivity index is 1.87. The number of ether oxygens (including phenoxy) is 3. The molecule has 1 aliphatic carbocycles. The van der Waals surface area contributed by atoms with Gasteiger partial charge < -0.3 is 19.5 Å². The lowest BCUT2D eigenvalue weighted by Gasteiger charge is -2.25. The van der Waals surface area contributed by atoms with Crippen LogP contribution >= 0.6 is 0 Å². The van der Waals surface area contributed by atoms with Crippen molar-refractivity contribution in [3.8, 4) is 0 Å². The average Bonchev–Trinajstić information content (AvgIpc) is 2.70. The van der Waals surface area contributed by atoms with E-state index < -0.39 is 18.5 Å². The van der Waals surface area contributed by atoms with Crippen molar-refractivity contribution in [1.29, 1.82) is 0 Å². The quantitative estimate of drug-likeness (QED) is 0.784. The molecule has 0 aromatic carbocycles. The molecule has 0 spiro atoms. The molecule has 18 heavy (non-hydrogen) atoms. The maximum Gasteiger partial charge on any atom is 0.511 e. The zero-order valence-corrected chi connectivity index (χ0v) is 10.5. The van der Waals surface area contributed by atoms with Gasteiger partial charge >= 0.3 is 12.2 Å². The molecule has 2 atom stereocenters. The molecule has 0 radical (unpaired) electrons. The summed E-state index contributed by atoms with van der Waals surface area (Å²) in [6.07, 6.45) is 4.62. The van der Waals surface area contributed by atoms with Crippen LogP contribution in [0, 0.1) is 5.92 Å². The fraction of sp³-hybridized carbons (Fsp3) is 0.833. The molecule has 6 nitrogen and oxygen atoms in total. The molecule has 102 valence electrons. The highest BCUT2D eigenvalue weighted by molar-refractivity contribution is 5.70. The Kier molecular flexibility index (Phi) is 4.28. The maximum absolute atomic E-state index is 11.2. The minimum absolute atomic E-state index is 0.264. The predicted molar refractivity (Wildman–Crippen MR) is 61.9 cm³/mol. The maximum atomic E-state index is 11.2. The van der Waals surface area contributed by atoms with Crippen molar-refractivity contribution in [2.75, 3.05) is 7.11 Å². The van der Waals surface area contributed by atoms with Gasteiger partial charge in [0.1, 0.15) is 6.04 Å². The molecule has 1 heterocycles. The largest absolute Gasteiger partial charge is 0.511 e. The van der Waals surface area contributed by atoms with Gasteiger partial charge in [-0.15, -0.1) is 0 Å². The monoisotopic (exact) mass is 257 g/mol. The molecule has 1 amide bonds. The number of methoxy groups -OCH3 is 1. The van der Waals surface area contributed by atoms with Crippen LogP contribution in [0.2, 0.25) is 0 Å². The van der Waals surface area contributed by atoms with Crippen molar-refractivity contribution in [2.24, 2.45) is 5.92 Å². The molecule has 2 aliphatic rings. The van der Waals surface area contributed by atoms with Crippen LogP contribution in [-0.4, -0.2) is 31.7 Å². The van der Waals surface area contributed by atoms with Gasteiger partial charge in [-0.25, -0.2) is 9.59 Å². The summed E-state index contributed by atoms with van der Waals surface area (Å²) >= 11 is 0. The van der Waals surface area contributed by atoms with Crippen LogP contribution in [0.4, 0.5) is 9.59 Å². The first kappa shape index (κ1) is 13.0. The molecule has 0 aromatic heterocycles. The molecule has 1 saturated carbocycles. The van der Waals surface area contributed by atoms with Crippen molar-refractivity contribution >= 4 is 12.2 Å². The number of carbonyl (C=O) groups excluding carboxylic acids is 2. The summed E-state index contributed by atoms with van der Waals surface area (Å²) in [5.41, 5.74) is 0. The van der Waals surface area contributed by atoms with Crippen molar-refractivity contribution in [3.05, 3.63) is 0 Å². The zero-order valence-electron chi connectivity index (χ0n) is 10.5. The van der Waals surface area contributed by atoms with Gasteiger partial charge in [-0.05, 0) is 12.3 Å². The van der Waals surface area contributed by atoms with Gasteiger partial charge in [0.15, 0.2) is 0 Å². The lowest BCUT2D eigenvalue weighted by atomic mass is 9.85. The van der Waals surface area contributed by atoms with Gasteiger partial charge in [0.25, 0.3) is 6.29 Å². The van der Waals surface area contributed by atoms with Crippen LogP contribution in [0.5, 0.6) is 0 Å². The second-order valence-corrected chi connectivity index (χ2v) is 4.84. The van der Waals surface area contributed by atoms with Crippen LogP contribution in [0.1, 0.15) is 38.5 Å². The van der Waals surface area contributed by atoms with Gasteiger partial charge in [0, 0.05) is 0 Å². The lowest BCUT2D eigenvalue weighted by Crippen LogP contribution is -2.36. The van der Waals surface area contributed by atoms with Crippen LogP contribution in [0.15, 0.2) is 0 Å². The number of hydrogen-bond acceptors (Lipinski definition) is 5. The molecule has 1 N–H and O–H groups in total. The number of nitrogens with one attached hydrogen (secondary N) is 1. The van der Waals surface area contributed by atoms with Gasteiger partial charge in [-0.1, -0.05) is 32.1 Å². The van der Waals surface area contributed by atoms with Gasteiger partial charge in [0.05, 0.1) is 7.11 Å². The first-order valence-electron chi connectivity index (χ1n) is 6.41. The van der Waals surface area contributed by atoms with Crippen LogP contribution < -0.4 is 5.32 Å². The van der Waals surface area contributed by atoms with Crippen molar-refractivity contribution in [3.63, 3.8) is 0 Å². The molecule has 0 unspecified atom stereocenters. The first-order valence-corrected chi connectivity index (χ1v) is 6.41. The van der Waals surface area contributed by atoms with E-state index >= 15 is 0 Å². The van der Waals surface area contributed by atoms with E-state index in [9.17, 15) is 9.59 Å². The fourth-order valence-electron chi connectivity index (χ4n) is 2.64. The standard InChI is InChI=1S/C12H19NO5/c1-16-12(15)18-10-9(13-11(14)17-10)7-8-5-3-2-4-6-8/h8-10H,2-7H2,1H3,(H,13,14)/t9-,10-/m0/s1. The van der Waals surface area contributed by atoms with Crippen LogP contribution in [-0.2, 0) is 14.2 Å². The Bertz CT molecular complexity index is 314. The summed E-state index contributed by atoms with van der Waals surface area (Å²) in [5.74, 6) is 0.564. The SMILES string of the molecule is COC(=O)O[C@@H]1OC(=O)N[C@H]1CC1CCCCC1. The number of rotatable bonds is 3. The summed E-state index contributed by atoms with van der Waals surface area (Å²) in [6.45, 7) is 0. The van der Waals surface area contributed by atoms with Gasteiger partial charge in [-0.3, -0.25) is 0 Å². The average molecular weight is 257 g/mol. The second-order valence-electron chi connectivity index (χ2n) is 4.84. The Labute approximate surface area is 106 Å². The minimum atomic E-state index is -0.869. The summed E-state index contributed by atoms with van der Waals surface area (Å²) in [7, 11) is 1.22. The molecule has 1 saturated heterocycles. The van der Waals surface area contributed by atoms with Crippen molar-refractivity contribution in [1.82, 2.24) is 5.32 Å². The molecule has 2 fully saturated rings. The van der Waals surface area contributed by atoms with E-state index in [0.717, 1.165) is 19.3 Å².